The molecular formula is C27H29F3N4O2. The fraction of sp³-hybridized carbons (Fsp3) is 0.333. The number of anilines is 1. The molecule has 1 aliphatic heterocycles. The molecule has 1 amide bonds. The van der Waals surface area contributed by atoms with Crippen molar-refractivity contribution in [1.82, 2.24) is 14.8 Å². The maximum Gasteiger partial charge on any atom is 0.416 e. The lowest BCUT2D eigenvalue weighted by atomic mass is 10.0. The van der Waals surface area contributed by atoms with E-state index in [-0.39, 0.29) is 24.4 Å². The summed E-state index contributed by atoms with van der Waals surface area (Å²) in [5.74, 6) is -0.0600. The van der Waals surface area contributed by atoms with Gasteiger partial charge in [-0.1, -0.05) is 31.2 Å². The van der Waals surface area contributed by atoms with Crippen molar-refractivity contribution < 1.29 is 22.7 Å². The summed E-state index contributed by atoms with van der Waals surface area (Å²) in [6, 6.07) is 14.9. The van der Waals surface area contributed by atoms with Gasteiger partial charge in [-0.2, -0.15) is 13.2 Å². The van der Waals surface area contributed by atoms with Gasteiger partial charge in [0.2, 0.25) is 0 Å². The number of halogens is 3. The van der Waals surface area contributed by atoms with Crippen molar-refractivity contribution in [2.75, 3.05) is 44.6 Å². The number of pyridine rings is 1. The quantitative estimate of drug-likeness (QED) is 0.478. The van der Waals surface area contributed by atoms with E-state index >= 15 is 0 Å². The Morgan fingerprint density at radius 2 is 1.72 bits per heavy atom. The minimum Gasteiger partial charge on any atom is -0.484 e. The summed E-state index contributed by atoms with van der Waals surface area (Å²) in [6.45, 7) is 6.06. The van der Waals surface area contributed by atoms with Gasteiger partial charge in [0, 0.05) is 50.8 Å². The summed E-state index contributed by atoms with van der Waals surface area (Å²) in [7, 11) is 0. The number of carbonyl (C=O) groups is 1. The van der Waals surface area contributed by atoms with Crippen molar-refractivity contribution in [1.29, 1.82) is 0 Å². The second-order valence-corrected chi connectivity index (χ2v) is 8.68. The van der Waals surface area contributed by atoms with Crippen LogP contribution in [0.15, 0.2) is 67.0 Å². The zero-order chi connectivity index (χ0) is 25.5. The Morgan fingerprint density at radius 1 is 1.00 bits per heavy atom. The normalized spacial score (nSPS) is 15.0. The van der Waals surface area contributed by atoms with Crippen LogP contribution in [0, 0.1) is 0 Å². The van der Waals surface area contributed by atoms with Crippen molar-refractivity contribution >= 4 is 11.6 Å². The maximum absolute atomic E-state index is 13.8. The molecule has 2 aromatic carbocycles. The summed E-state index contributed by atoms with van der Waals surface area (Å²) in [5.41, 5.74) is 1.46. The summed E-state index contributed by atoms with van der Waals surface area (Å²) < 4.78 is 46.9. The van der Waals surface area contributed by atoms with Crippen LogP contribution in [0.1, 0.15) is 18.1 Å². The van der Waals surface area contributed by atoms with Crippen LogP contribution in [0.4, 0.5) is 18.9 Å². The predicted molar refractivity (Wildman–Crippen MR) is 133 cm³/mol. The molecule has 0 saturated carbocycles. The number of ether oxygens (including phenoxy) is 1. The number of likely N-dealkylation sites (N-methyl/N-ethyl adjacent to an activating group) is 1. The average Bonchev–Trinajstić information content (AvgIpc) is 2.89. The maximum atomic E-state index is 13.8. The Morgan fingerprint density at radius 3 is 2.36 bits per heavy atom. The number of aromatic nitrogens is 1. The van der Waals surface area contributed by atoms with Crippen LogP contribution in [0.5, 0.6) is 5.75 Å². The van der Waals surface area contributed by atoms with Gasteiger partial charge in [-0.15, -0.1) is 0 Å². The van der Waals surface area contributed by atoms with E-state index in [1.54, 1.807) is 24.5 Å². The summed E-state index contributed by atoms with van der Waals surface area (Å²) in [5, 5.41) is 2.51. The molecular weight excluding hydrogens is 469 g/mol. The second-order valence-electron chi connectivity index (χ2n) is 8.68. The Balaban J connectivity index is 1.35. The van der Waals surface area contributed by atoms with E-state index in [1.807, 2.05) is 29.2 Å². The molecule has 2 heterocycles. The largest absolute Gasteiger partial charge is 0.484 e. The molecule has 1 aliphatic rings. The number of alkyl halides is 3. The molecule has 9 heteroatoms. The van der Waals surface area contributed by atoms with E-state index in [9.17, 15) is 18.0 Å². The van der Waals surface area contributed by atoms with Crippen molar-refractivity contribution in [3.63, 3.8) is 0 Å². The molecule has 1 N–H and O–H groups in total. The standard InChI is InChI=1S/C27H29F3N4O2/c1-2-33-12-14-34(15-13-33)18-22-5-8-23(16-25(22)27(28,29)30)32-26(35)19-36-24-9-6-20(7-10-24)21-4-3-11-31-17-21/h3-11,16-17H,2,12-15,18-19H2,1H3,(H,32,35). The van der Waals surface area contributed by atoms with Crippen molar-refractivity contribution in [3.8, 4) is 16.9 Å². The first kappa shape index (κ1) is 25.7. The average molecular weight is 499 g/mol. The fourth-order valence-electron chi connectivity index (χ4n) is 4.18. The molecule has 6 nitrogen and oxygen atoms in total. The SMILES string of the molecule is CCN1CCN(Cc2ccc(NC(=O)COc3ccc(-c4cccnc4)cc3)cc2C(F)(F)F)CC1. The van der Waals surface area contributed by atoms with Gasteiger partial charge in [0.25, 0.3) is 5.91 Å². The van der Waals surface area contributed by atoms with Gasteiger partial charge >= 0.3 is 6.18 Å². The Labute approximate surface area is 208 Å². The van der Waals surface area contributed by atoms with Crippen LogP contribution in [0.25, 0.3) is 11.1 Å². The third-order valence-corrected chi connectivity index (χ3v) is 6.22. The van der Waals surface area contributed by atoms with Gasteiger partial charge in [0.05, 0.1) is 5.56 Å². The van der Waals surface area contributed by atoms with Crippen LogP contribution in [-0.2, 0) is 17.5 Å². The number of hydrogen-bond donors (Lipinski definition) is 1. The number of rotatable bonds is 8. The van der Waals surface area contributed by atoms with Gasteiger partial charge < -0.3 is 15.0 Å². The van der Waals surface area contributed by atoms with Gasteiger partial charge in [-0.3, -0.25) is 14.7 Å². The monoisotopic (exact) mass is 498 g/mol. The van der Waals surface area contributed by atoms with Crippen LogP contribution in [-0.4, -0.2) is 60.0 Å². The fourth-order valence-corrected chi connectivity index (χ4v) is 4.18. The Bertz CT molecular complexity index is 1150. The molecule has 1 fully saturated rings. The van der Waals surface area contributed by atoms with Crippen molar-refractivity contribution in [2.45, 2.75) is 19.6 Å². The number of benzene rings is 2. The minimum atomic E-state index is -4.52. The third kappa shape index (κ3) is 6.83. The first-order valence-corrected chi connectivity index (χ1v) is 11.9. The minimum absolute atomic E-state index is 0.0856. The lowest BCUT2D eigenvalue weighted by Gasteiger charge is -2.34. The molecule has 0 radical (unpaired) electrons. The number of amides is 1. The first-order valence-electron chi connectivity index (χ1n) is 11.9. The molecule has 36 heavy (non-hydrogen) atoms. The second kappa shape index (κ2) is 11.5. The molecule has 0 unspecified atom stereocenters. The zero-order valence-electron chi connectivity index (χ0n) is 20.1. The molecule has 3 aromatic rings. The number of piperazine rings is 1. The van der Waals surface area contributed by atoms with Gasteiger partial charge in [0.1, 0.15) is 5.75 Å². The van der Waals surface area contributed by atoms with E-state index in [2.05, 4.69) is 22.1 Å². The van der Waals surface area contributed by atoms with Gasteiger partial charge in [-0.25, -0.2) is 0 Å². The third-order valence-electron chi connectivity index (χ3n) is 6.22. The molecule has 190 valence electrons. The van der Waals surface area contributed by atoms with Crippen molar-refractivity contribution in [3.05, 3.63) is 78.1 Å². The number of carbonyl (C=O) groups excluding carboxylic acids is 1. The summed E-state index contributed by atoms with van der Waals surface area (Å²) in [6.07, 6.45) is -1.08. The molecule has 0 aliphatic carbocycles. The summed E-state index contributed by atoms with van der Waals surface area (Å²) >= 11 is 0. The van der Waals surface area contributed by atoms with E-state index in [1.165, 1.54) is 12.1 Å². The topological polar surface area (TPSA) is 57.7 Å². The van der Waals surface area contributed by atoms with Crippen LogP contribution in [0.2, 0.25) is 0 Å². The highest BCUT2D eigenvalue weighted by Crippen LogP contribution is 2.34. The first-order chi connectivity index (χ1) is 17.3. The Hall–Kier alpha value is -3.43. The van der Waals surface area contributed by atoms with Crippen LogP contribution < -0.4 is 10.1 Å². The smallest absolute Gasteiger partial charge is 0.416 e. The zero-order valence-corrected chi connectivity index (χ0v) is 20.1. The van der Waals surface area contributed by atoms with Gasteiger partial charge in [0.15, 0.2) is 6.61 Å². The Kier molecular flexibility index (Phi) is 8.22. The van der Waals surface area contributed by atoms with E-state index in [4.69, 9.17) is 4.74 Å². The van der Waals surface area contributed by atoms with Crippen LogP contribution in [0.3, 0.4) is 0 Å². The molecule has 1 saturated heterocycles. The highest BCUT2D eigenvalue weighted by atomic mass is 19.4. The number of nitrogens with zero attached hydrogens (tertiary/aromatic N) is 3. The van der Waals surface area contributed by atoms with E-state index < -0.39 is 17.6 Å². The molecule has 0 spiro atoms. The lowest BCUT2D eigenvalue weighted by molar-refractivity contribution is -0.138. The van der Waals surface area contributed by atoms with E-state index in [0.717, 1.165) is 49.9 Å². The highest BCUT2D eigenvalue weighted by molar-refractivity contribution is 5.92. The lowest BCUT2D eigenvalue weighted by Crippen LogP contribution is -2.45. The molecule has 1 aromatic heterocycles. The molecule has 4 rings (SSSR count). The summed E-state index contributed by atoms with van der Waals surface area (Å²) in [4.78, 5) is 20.7. The number of nitrogens with one attached hydrogen (secondary N) is 1. The number of hydrogen-bond acceptors (Lipinski definition) is 5. The molecule has 0 bridgehead atoms. The predicted octanol–water partition coefficient (Wildman–Crippen LogP) is 4.92. The van der Waals surface area contributed by atoms with E-state index in [0.29, 0.717) is 5.75 Å². The molecule has 0 atom stereocenters. The van der Waals surface area contributed by atoms with Crippen LogP contribution >= 0.6 is 0 Å². The highest BCUT2D eigenvalue weighted by Gasteiger charge is 2.34. The van der Waals surface area contributed by atoms with Gasteiger partial charge in [-0.05, 0) is 53.6 Å². The van der Waals surface area contributed by atoms with Crippen molar-refractivity contribution in [2.24, 2.45) is 0 Å².